The molecule has 0 aliphatic carbocycles. The highest BCUT2D eigenvalue weighted by atomic mass is 16.4. The highest BCUT2D eigenvalue weighted by molar-refractivity contribution is 5.82. The molecule has 7 heteroatoms. The Morgan fingerprint density at radius 1 is 1.38 bits per heavy atom. The molecule has 1 aliphatic heterocycles. The van der Waals surface area contributed by atoms with Gasteiger partial charge in [0.2, 0.25) is 0 Å². The number of carbonyl (C=O) groups excluding carboxylic acids is 1. The van der Waals surface area contributed by atoms with Gasteiger partial charge < -0.3 is 25.5 Å². The van der Waals surface area contributed by atoms with Gasteiger partial charge in [-0.1, -0.05) is 0 Å². The number of nitrogens with zero attached hydrogens (tertiary/aromatic N) is 1. The molecule has 0 aromatic heterocycles. The highest BCUT2D eigenvalue weighted by Crippen LogP contribution is 2.09. The fourth-order valence-corrected chi connectivity index (χ4v) is 1.49. The van der Waals surface area contributed by atoms with Crippen LogP contribution in [0.3, 0.4) is 0 Å². The summed E-state index contributed by atoms with van der Waals surface area (Å²) in [6.07, 6.45) is 0.589. The fourth-order valence-electron chi connectivity index (χ4n) is 1.49. The van der Waals surface area contributed by atoms with Crippen LogP contribution in [-0.2, 0) is 4.79 Å². The maximum absolute atomic E-state index is 11.5. The van der Waals surface area contributed by atoms with E-state index in [-0.39, 0.29) is 0 Å². The van der Waals surface area contributed by atoms with Crippen molar-refractivity contribution in [2.24, 2.45) is 0 Å². The van der Waals surface area contributed by atoms with E-state index in [4.69, 9.17) is 10.2 Å². The molecule has 1 atom stereocenters. The van der Waals surface area contributed by atoms with Gasteiger partial charge in [0.05, 0.1) is 12.7 Å². The number of rotatable bonds is 3. The topological polar surface area (TPSA) is 110 Å². The Balaban J connectivity index is 2.42. The van der Waals surface area contributed by atoms with E-state index in [1.807, 2.05) is 0 Å². The van der Waals surface area contributed by atoms with Crippen molar-refractivity contribution < 1.29 is 24.9 Å². The Kier molecular flexibility index (Phi) is 4.51. The number of aliphatic hydroxyl groups is 2. The van der Waals surface area contributed by atoms with Crippen LogP contribution in [0.15, 0.2) is 0 Å². The summed E-state index contributed by atoms with van der Waals surface area (Å²) in [6.45, 7) is 0.146. The van der Waals surface area contributed by atoms with Gasteiger partial charge in [0.1, 0.15) is 0 Å². The van der Waals surface area contributed by atoms with Crippen molar-refractivity contribution in [3.8, 4) is 0 Å². The number of aliphatic carboxylic acids is 1. The Morgan fingerprint density at radius 2 is 1.94 bits per heavy atom. The largest absolute Gasteiger partial charge is 0.480 e. The lowest BCUT2D eigenvalue weighted by molar-refractivity contribution is -0.140. The van der Waals surface area contributed by atoms with E-state index in [1.165, 1.54) is 4.90 Å². The first-order valence-corrected chi connectivity index (χ1v) is 5.11. The van der Waals surface area contributed by atoms with Gasteiger partial charge in [-0.25, -0.2) is 9.59 Å². The molecule has 4 N–H and O–H groups in total. The molecule has 0 saturated carbocycles. The third-order valence-electron chi connectivity index (χ3n) is 2.53. The van der Waals surface area contributed by atoms with Gasteiger partial charge in [-0.05, 0) is 12.8 Å². The first-order valence-electron chi connectivity index (χ1n) is 5.11. The minimum Gasteiger partial charge on any atom is -0.480 e. The summed E-state index contributed by atoms with van der Waals surface area (Å²) < 4.78 is 0. The number of carboxylic acid groups (broad SMARTS) is 1. The SMILES string of the molecule is O=C(O)[C@@H](CO)NC(=O)N1CCC(O)CC1. The van der Waals surface area contributed by atoms with Gasteiger partial charge in [-0.15, -0.1) is 0 Å². The van der Waals surface area contributed by atoms with Crippen LogP contribution in [0, 0.1) is 0 Å². The zero-order chi connectivity index (χ0) is 12.1. The Morgan fingerprint density at radius 3 is 2.38 bits per heavy atom. The molecule has 7 nitrogen and oxygen atoms in total. The third-order valence-corrected chi connectivity index (χ3v) is 2.53. The number of aliphatic hydroxyl groups excluding tert-OH is 2. The average Bonchev–Trinajstić information content (AvgIpc) is 2.26. The molecule has 1 rings (SSSR count). The predicted octanol–water partition coefficient (Wildman–Crippen LogP) is -1.40. The van der Waals surface area contributed by atoms with Crippen LogP contribution in [0.1, 0.15) is 12.8 Å². The summed E-state index contributed by atoms with van der Waals surface area (Å²) >= 11 is 0. The monoisotopic (exact) mass is 232 g/mol. The first-order chi connectivity index (χ1) is 7.54. The van der Waals surface area contributed by atoms with E-state index < -0.39 is 30.8 Å². The van der Waals surface area contributed by atoms with Crippen molar-refractivity contribution in [1.82, 2.24) is 10.2 Å². The molecule has 1 heterocycles. The number of amides is 2. The van der Waals surface area contributed by atoms with Gasteiger partial charge in [0.15, 0.2) is 6.04 Å². The normalized spacial score (nSPS) is 19.2. The average molecular weight is 232 g/mol. The van der Waals surface area contributed by atoms with Gasteiger partial charge in [-0.2, -0.15) is 0 Å². The standard InChI is InChI=1S/C9H16N2O5/c12-5-7(8(14)15)10-9(16)11-3-1-6(13)2-4-11/h6-7,12-13H,1-5H2,(H,10,16)(H,14,15)/t7-/m1/s1. The highest BCUT2D eigenvalue weighted by Gasteiger charge is 2.25. The summed E-state index contributed by atoms with van der Waals surface area (Å²) in [6, 6.07) is -1.80. The molecule has 0 aromatic rings. The van der Waals surface area contributed by atoms with Crippen molar-refractivity contribution >= 4 is 12.0 Å². The molecule has 1 saturated heterocycles. The number of urea groups is 1. The summed E-state index contributed by atoms with van der Waals surface area (Å²) in [4.78, 5) is 23.5. The lowest BCUT2D eigenvalue weighted by Gasteiger charge is -2.30. The maximum atomic E-state index is 11.5. The summed E-state index contributed by atoms with van der Waals surface area (Å²) in [7, 11) is 0. The van der Waals surface area contributed by atoms with E-state index >= 15 is 0 Å². The first kappa shape index (κ1) is 12.7. The van der Waals surface area contributed by atoms with E-state index in [2.05, 4.69) is 5.32 Å². The molecule has 92 valence electrons. The van der Waals surface area contributed by atoms with Gasteiger partial charge >= 0.3 is 12.0 Å². The van der Waals surface area contributed by atoms with Crippen molar-refractivity contribution in [2.75, 3.05) is 19.7 Å². The van der Waals surface area contributed by atoms with Crippen LogP contribution >= 0.6 is 0 Å². The van der Waals surface area contributed by atoms with Crippen molar-refractivity contribution in [2.45, 2.75) is 25.0 Å². The maximum Gasteiger partial charge on any atom is 0.328 e. The second-order valence-electron chi connectivity index (χ2n) is 3.74. The third kappa shape index (κ3) is 3.35. The lowest BCUT2D eigenvalue weighted by atomic mass is 10.1. The number of piperidine rings is 1. The number of likely N-dealkylation sites (tertiary alicyclic amines) is 1. The van der Waals surface area contributed by atoms with Gasteiger partial charge in [0, 0.05) is 13.1 Å². The van der Waals surface area contributed by atoms with Crippen LogP contribution in [-0.4, -0.2) is 64.1 Å². The van der Waals surface area contributed by atoms with Crippen LogP contribution < -0.4 is 5.32 Å². The smallest absolute Gasteiger partial charge is 0.328 e. The van der Waals surface area contributed by atoms with Crippen LogP contribution in [0.2, 0.25) is 0 Å². The molecule has 16 heavy (non-hydrogen) atoms. The minimum absolute atomic E-state index is 0.392. The number of hydrogen-bond acceptors (Lipinski definition) is 4. The van der Waals surface area contributed by atoms with Crippen molar-refractivity contribution in [3.63, 3.8) is 0 Å². The summed E-state index contributed by atoms with van der Waals surface area (Å²) in [5.74, 6) is -1.27. The predicted molar refractivity (Wildman–Crippen MR) is 53.9 cm³/mol. The Bertz CT molecular complexity index is 263. The molecule has 0 aromatic carbocycles. The zero-order valence-electron chi connectivity index (χ0n) is 8.80. The number of carbonyl (C=O) groups is 2. The van der Waals surface area contributed by atoms with E-state index in [0.717, 1.165) is 0 Å². The quantitative estimate of drug-likeness (QED) is 0.478. The molecule has 1 fully saturated rings. The molecule has 2 amide bonds. The van der Waals surface area contributed by atoms with Gasteiger partial charge in [0.25, 0.3) is 0 Å². The van der Waals surface area contributed by atoms with E-state index in [1.54, 1.807) is 0 Å². The van der Waals surface area contributed by atoms with Gasteiger partial charge in [-0.3, -0.25) is 0 Å². The van der Waals surface area contributed by atoms with Crippen molar-refractivity contribution in [1.29, 1.82) is 0 Å². The second-order valence-corrected chi connectivity index (χ2v) is 3.74. The summed E-state index contributed by atoms with van der Waals surface area (Å²) in [5, 5.41) is 28.8. The molecular formula is C9H16N2O5. The lowest BCUT2D eigenvalue weighted by Crippen LogP contribution is -2.51. The molecule has 1 aliphatic rings. The minimum atomic E-state index is -1.28. The molecule has 0 bridgehead atoms. The Labute approximate surface area is 92.7 Å². The van der Waals surface area contributed by atoms with Crippen LogP contribution in [0.25, 0.3) is 0 Å². The number of nitrogens with one attached hydrogen (secondary N) is 1. The van der Waals surface area contributed by atoms with E-state index in [0.29, 0.717) is 25.9 Å². The molecule has 0 unspecified atom stereocenters. The zero-order valence-corrected chi connectivity index (χ0v) is 8.80. The molecule has 0 radical (unpaired) electrons. The van der Waals surface area contributed by atoms with Crippen molar-refractivity contribution in [3.05, 3.63) is 0 Å². The second kappa shape index (κ2) is 5.66. The van der Waals surface area contributed by atoms with E-state index in [9.17, 15) is 14.7 Å². The molecular weight excluding hydrogens is 216 g/mol. The number of hydrogen-bond donors (Lipinski definition) is 4. The number of carboxylic acids is 1. The van der Waals surface area contributed by atoms with Crippen LogP contribution in [0.4, 0.5) is 4.79 Å². The molecule has 0 spiro atoms. The summed E-state index contributed by atoms with van der Waals surface area (Å²) in [5.41, 5.74) is 0. The Hall–Kier alpha value is -1.34. The fraction of sp³-hybridized carbons (Fsp3) is 0.778. The van der Waals surface area contributed by atoms with Crippen LogP contribution in [0.5, 0.6) is 0 Å².